The molecule has 0 spiro atoms. The lowest BCUT2D eigenvalue weighted by atomic mass is 10.0. The van der Waals surface area contributed by atoms with Gasteiger partial charge in [0, 0.05) is 81.2 Å². The topological polar surface area (TPSA) is 251 Å². The van der Waals surface area contributed by atoms with Crippen LogP contribution in [0.15, 0.2) is 85.1 Å². The normalized spacial score (nSPS) is 16.2. The van der Waals surface area contributed by atoms with Gasteiger partial charge in [0.1, 0.15) is 0 Å². The number of carbonyl (C=O) groups excluding carboxylic acids is 5. The van der Waals surface area contributed by atoms with Crippen LogP contribution < -0.4 is 38.9 Å². The number of nitrogens with one attached hydrogen (secondary N) is 3. The van der Waals surface area contributed by atoms with Gasteiger partial charge in [0.25, 0.3) is 5.91 Å². The Morgan fingerprint density at radius 3 is 1.83 bits per heavy atom. The minimum atomic E-state index is -0.518. The molecular weight excluding hydrogens is 785 g/mol. The van der Waals surface area contributed by atoms with Crippen LogP contribution in [0.2, 0.25) is 0 Å². The first kappa shape index (κ1) is 45.0. The molecule has 4 aromatic rings. The fourth-order valence-electron chi connectivity index (χ4n) is 7.19. The number of amides is 5. The average Bonchev–Trinajstić information content (AvgIpc) is 3.20. The number of hydrogen-bond donors (Lipinski definition) is 7. The summed E-state index contributed by atoms with van der Waals surface area (Å²) < 4.78 is 0. The fourth-order valence-corrected chi connectivity index (χ4v) is 7.38. The monoisotopic (exact) mass is 838 g/mol. The first-order valence-corrected chi connectivity index (χ1v) is 20.1. The molecular formula is C42H54N12O5S. The van der Waals surface area contributed by atoms with Gasteiger partial charge in [-0.05, 0) is 65.5 Å². The van der Waals surface area contributed by atoms with E-state index in [1.165, 1.54) is 0 Å². The van der Waals surface area contributed by atoms with Crippen molar-refractivity contribution in [1.82, 2.24) is 35.2 Å². The van der Waals surface area contributed by atoms with E-state index in [9.17, 15) is 24.0 Å². The van der Waals surface area contributed by atoms with Crippen LogP contribution in [0.4, 0.5) is 5.69 Å². The summed E-state index contributed by atoms with van der Waals surface area (Å²) >= 11 is 5.57. The number of rotatable bonds is 16. The van der Waals surface area contributed by atoms with Gasteiger partial charge in [-0.25, -0.2) is 0 Å². The SMILES string of the molecule is NC(=O)CN1CCN(CC(N)=O)CCN(CC(N)=O)C(Cc2ccc(NC(=S)NCc3ccc(C(=O)NCc4nccc5ccccc45)cc3)cc2)CN(CC(N)=O)CC1. The van der Waals surface area contributed by atoms with Crippen LogP contribution in [0.5, 0.6) is 0 Å². The number of nitrogens with two attached hydrogens (primary N) is 4. The first-order valence-electron chi connectivity index (χ1n) is 19.7. The van der Waals surface area contributed by atoms with E-state index in [0.717, 1.165) is 33.3 Å². The van der Waals surface area contributed by atoms with Gasteiger partial charge in [-0.2, -0.15) is 0 Å². The highest BCUT2D eigenvalue weighted by Crippen LogP contribution is 2.18. The highest BCUT2D eigenvalue weighted by atomic mass is 32.1. The van der Waals surface area contributed by atoms with E-state index in [-0.39, 0.29) is 38.1 Å². The molecule has 17 nitrogen and oxygen atoms in total. The third-order valence-corrected chi connectivity index (χ3v) is 10.4. The molecule has 2 heterocycles. The van der Waals surface area contributed by atoms with Gasteiger partial charge in [-0.3, -0.25) is 48.6 Å². The van der Waals surface area contributed by atoms with Gasteiger partial charge in [-0.1, -0.05) is 48.5 Å². The van der Waals surface area contributed by atoms with Crippen LogP contribution >= 0.6 is 12.2 Å². The van der Waals surface area contributed by atoms with Gasteiger partial charge in [0.15, 0.2) is 5.11 Å². The second kappa shape index (κ2) is 22.4. The Morgan fingerprint density at radius 1 is 0.633 bits per heavy atom. The molecule has 318 valence electrons. The lowest BCUT2D eigenvalue weighted by Gasteiger charge is -2.38. The summed E-state index contributed by atoms with van der Waals surface area (Å²) in [5, 5.41) is 11.8. The summed E-state index contributed by atoms with van der Waals surface area (Å²) in [7, 11) is 0. The Bertz CT molecular complexity index is 2120. The van der Waals surface area contributed by atoms with Crippen molar-refractivity contribution in [1.29, 1.82) is 0 Å². The third kappa shape index (κ3) is 14.6. The number of nitrogens with zero attached hydrogens (tertiary/aromatic N) is 5. The van der Waals surface area contributed by atoms with Gasteiger partial charge < -0.3 is 38.9 Å². The Labute approximate surface area is 354 Å². The number of thiocarbonyl (C=S) groups is 1. The maximum Gasteiger partial charge on any atom is 0.251 e. The predicted octanol–water partition coefficient (Wildman–Crippen LogP) is -0.275. The first-order chi connectivity index (χ1) is 28.8. The minimum Gasteiger partial charge on any atom is -0.369 e. The average molecular weight is 839 g/mol. The van der Waals surface area contributed by atoms with E-state index < -0.39 is 23.6 Å². The maximum atomic E-state index is 12.9. The molecule has 0 bridgehead atoms. The third-order valence-electron chi connectivity index (χ3n) is 10.2. The largest absolute Gasteiger partial charge is 0.369 e. The molecule has 1 aliphatic rings. The molecule has 18 heteroatoms. The number of pyridine rings is 1. The Balaban J connectivity index is 1.19. The zero-order chi connectivity index (χ0) is 43.0. The zero-order valence-electron chi connectivity index (χ0n) is 33.6. The van der Waals surface area contributed by atoms with Crippen molar-refractivity contribution in [2.75, 3.05) is 77.3 Å². The number of primary amides is 4. The predicted molar refractivity (Wildman–Crippen MR) is 234 cm³/mol. The Kier molecular flexibility index (Phi) is 16.8. The van der Waals surface area contributed by atoms with Crippen LogP contribution in [-0.4, -0.2) is 137 Å². The standard InChI is InChI=1S/C42H54N12O5S/c43-37(55)25-51-15-16-52(26-38(44)56)19-20-54(28-40(46)58)34(24-53(18-17-51)27-39(45)57)21-29-7-11-33(12-8-29)50-42(60)49-22-30-5-9-32(10-6-30)41(59)48-23-36-35-4-2-1-3-31(35)13-14-47-36/h1-14,34H,15-28H2,(H2,43,55)(H2,44,56)(H2,45,57)(H2,46,58)(H,48,59)(H2,49,50,60). The molecule has 1 aliphatic heterocycles. The van der Waals surface area contributed by atoms with Crippen LogP contribution in [-0.2, 0) is 38.7 Å². The number of benzene rings is 3. The van der Waals surface area contributed by atoms with Crippen molar-refractivity contribution in [2.45, 2.75) is 25.6 Å². The summed E-state index contributed by atoms with van der Waals surface area (Å²) in [6.45, 7) is 3.44. The van der Waals surface area contributed by atoms with Crippen molar-refractivity contribution in [3.8, 4) is 0 Å². The molecule has 60 heavy (non-hydrogen) atoms. The molecule has 1 atom stereocenters. The summed E-state index contributed by atoms with van der Waals surface area (Å²) in [6, 6.07) is 24.6. The molecule has 0 radical (unpaired) electrons. The van der Waals surface area contributed by atoms with Gasteiger partial charge in [-0.15, -0.1) is 0 Å². The van der Waals surface area contributed by atoms with Crippen molar-refractivity contribution in [3.63, 3.8) is 0 Å². The van der Waals surface area contributed by atoms with Gasteiger partial charge >= 0.3 is 0 Å². The Hall–Kier alpha value is -6.05. The quantitative estimate of drug-likeness (QED) is 0.0719. The van der Waals surface area contributed by atoms with Crippen LogP contribution in [0.3, 0.4) is 0 Å². The van der Waals surface area contributed by atoms with Crippen LogP contribution in [0.25, 0.3) is 10.8 Å². The number of fused-ring (bicyclic) bond motifs is 1. The van der Waals surface area contributed by atoms with Crippen molar-refractivity contribution in [3.05, 3.63) is 107 Å². The molecule has 5 rings (SSSR count). The number of carbonyl (C=O) groups is 5. The second-order valence-electron chi connectivity index (χ2n) is 14.8. The zero-order valence-corrected chi connectivity index (χ0v) is 34.4. The second-order valence-corrected chi connectivity index (χ2v) is 15.3. The summed E-state index contributed by atoms with van der Waals surface area (Å²) in [4.78, 5) is 73.3. The molecule has 1 aromatic heterocycles. The molecule has 0 saturated carbocycles. The fraction of sp³-hybridized carbons (Fsp3) is 0.357. The molecule has 11 N–H and O–H groups in total. The van der Waals surface area contributed by atoms with E-state index >= 15 is 0 Å². The van der Waals surface area contributed by atoms with E-state index in [0.29, 0.717) is 76.0 Å². The molecule has 1 fully saturated rings. The van der Waals surface area contributed by atoms with E-state index in [1.54, 1.807) is 18.3 Å². The number of anilines is 1. The lowest BCUT2D eigenvalue weighted by Crippen LogP contribution is -2.54. The number of hydrogen-bond acceptors (Lipinski definition) is 11. The molecule has 0 aliphatic carbocycles. The van der Waals surface area contributed by atoms with E-state index in [2.05, 4.69) is 20.9 Å². The molecule has 3 aromatic carbocycles. The minimum absolute atomic E-state index is 0.00453. The van der Waals surface area contributed by atoms with Crippen molar-refractivity contribution < 1.29 is 24.0 Å². The summed E-state index contributed by atoms with van der Waals surface area (Å²) in [6.07, 6.45) is 2.23. The van der Waals surface area contributed by atoms with Crippen LogP contribution in [0, 0.1) is 0 Å². The smallest absolute Gasteiger partial charge is 0.251 e. The highest BCUT2D eigenvalue weighted by Gasteiger charge is 2.27. The van der Waals surface area contributed by atoms with E-state index in [1.807, 2.05) is 86.3 Å². The maximum absolute atomic E-state index is 12.9. The van der Waals surface area contributed by atoms with Crippen molar-refractivity contribution in [2.24, 2.45) is 22.9 Å². The summed E-state index contributed by atoms with van der Waals surface area (Å²) in [5.41, 5.74) is 26.4. The van der Waals surface area contributed by atoms with Crippen molar-refractivity contribution >= 4 is 63.3 Å². The number of aromatic nitrogens is 1. The summed E-state index contributed by atoms with van der Waals surface area (Å²) in [5.74, 6) is -2.22. The van der Waals surface area contributed by atoms with Gasteiger partial charge in [0.05, 0.1) is 38.4 Å². The molecule has 5 amide bonds. The Morgan fingerprint density at radius 2 is 1.20 bits per heavy atom. The van der Waals surface area contributed by atoms with Crippen LogP contribution in [0.1, 0.15) is 27.2 Å². The lowest BCUT2D eigenvalue weighted by molar-refractivity contribution is -0.122. The molecule has 1 unspecified atom stereocenters. The highest BCUT2D eigenvalue weighted by molar-refractivity contribution is 7.80. The van der Waals surface area contributed by atoms with E-state index in [4.69, 9.17) is 35.2 Å². The molecule has 1 saturated heterocycles. The van der Waals surface area contributed by atoms with Gasteiger partial charge in [0.2, 0.25) is 23.6 Å².